The molecule has 0 spiro atoms. The molecule has 186 valence electrons. The van der Waals surface area contributed by atoms with Crippen molar-refractivity contribution in [2.75, 3.05) is 40.2 Å². The molecule has 0 saturated carbocycles. The Morgan fingerprint density at radius 3 is 2.34 bits per heavy atom. The van der Waals surface area contributed by atoms with Gasteiger partial charge in [0.05, 0.1) is 27.0 Å². The number of methoxy groups -OCH3 is 3. The van der Waals surface area contributed by atoms with Gasteiger partial charge < -0.3 is 19.9 Å². The van der Waals surface area contributed by atoms with Gasteiger partial charge in [0.1, 0.15) is 27.8 Å². The standard InChI is InChI=1S/C23H27N5O5S2/c1-31-16-8-10-18(32-2)17(14-16)21-22(34-23(24)25-21)27-26-15-7-9-19(33-3)20(13-15)35(29,30)28-11-5-4-6-12-28/h7-10,13-14H,4-6,11-12H2,1-3H3,(H2,24,25). The van der Waals surface area contributed by atoms with Crippen LogP contribution in [0.15, 0.2) is 51.5 Å². The molecule has 1 aliphatic heterocycles. The maximum atomic E-state index is 13.3. The average molecular weight is 518 g/mol. The van der Waals surface area contributed by atoms with Crippen molar-refractivity contribution < 1.29 is 22.6 Å². The van der Waals surface area contributed by atoms with Gasteiger partial charge in [0.25, 0.3) is 0 Å². The second kappa shape index (κ2) is 10.6. The van der Waals surface area contributed by atoms with E-state index in [2.05, 4.69) is 15.2 Å². The van der Waals surface area contributed by atoms with E-state index < -0.39 is 10.0 Å². The van der Waals surface area contributed by atoms with Gasteiger partial charge in [-0.25, -0.2) is 13.4 Å². The van der Waals surface area contributed by atoms with Crippen LogP contribution in [0, 0.1) is 0 Å². The Hall–Kier alpha value is -3.22. The number of benzene rings is 2. The van der Waals surface area contributed by atoms with E-state index in [1.165, 1.54) is 17.5 Å². The third-order valence-electron chi connectivity index (χ3n) is 5.62. The third kappa shape index (κ3) is 5.24. The van der Waals surface area contributed by atoms with Crippen LogP contribution in [-0.4, -0.2) is 52.1 Å². The lowest BCUT2D eigenvalue weighted by molar-refractivity contribution is 0.343. The molecule has 2 heterocycles. The smallest absolute Gasteiger partial charge is 0.246 e. The Balaban J connectivity index is 1.71. The fourth-order valence-corrected chi connectivity index (χ4v) is 6.21. The summed E-state index contributed by atoms with van der Waals surface area (Å²) in [6, 6.07) is 10.0. The summed E-state index contributed by atoms with van der Waals surface area (Å²) in [7, 11) is 0.846. The summed E-state index contributed by atoms with van der Waals surface area (Å²) in [6.07, 6.45) is 2.70. The number of aromatic nitrogens is 1. The topological polar surface area (TPSA) is 129 Å². The van der Waals surface area contributed by atoms with Gasteiger partial charge in [-0.1, -0.05) is 17.8 Å². The lowest BCUT2D eigenvalue weighted by atomic mass is 10.1. The highest BCUT2D eigenvalue weighted by Gasteiger charge is 2.29. The van der Waals surface area contributed by atoms with E-state index in [1.807, 2.05) is 0 Å². The van der Waals surface area contributed by atoms with Gasteiger partial charge in [0.2, 0.25) is 10.0 Å². The Morgan fingerprint density at radius 2 is 1.66 bits per heavy atom. The lowest BCUT2D eigenvalue weighted by Gasteiger charge is -2.26. The molecule has 0 unspecified atom stereocenters. The van der Waals surface area contributed by atoms with E-state index in [4.69, 9.17) is 19.9 Å². The number of nitrogen functional groups attached to an aromatic ring is 1. The molecule has 35 heavy (non-hydrogen) atoms. The number of rotatable bonds is 8. The van der Waals surface area contributed by atoms with Gasteiger partial charge in [0, 0.05) is 18.7 Å². The Morgan fingerprint density at radius 1 is 0.943 bits per heavy atom. The quantitative estimate of drug-likeness (QED) is 0.416. The maximum Gasteiger partial charge on any atom is 0.246 e. The predicted octanol–water partition coefficient (Wildman–Crippen LogP) is 5.01. The van der Waals surface area contributed by atoms with Crippen molar-refractivity contribution in [1.29, 1.82) is 0 Å². The van der Waals surface area contributed by atoms with Crippen molar-refractivity contribution >= 4 is 37.2 Å². The molecular weight excluding hydrogens is 490 g/mol. The molecule has 10 nitrogen and oxygen atoms in total. The minimum absolute atomic E-state index is 0.0665. The monoisotopic (exact) mass is 517 g/mol. The van der Waals surface area contributed by atoms with Gasteiger partial charge in [-0.2, -0.15) is 4.31 Å². The number of sulfonamides is 1. The number of thiazole rings is 1. The molecule has 1 fully saturated rings. The number of ether oxygens (including phenoxy) is 3. The summed E-state index contributed by atoms with van der Waals surface area (Å²) in [5.74, 6) is 1.46. The van der Waals surface area contributed by atoms with Crippen LogP contribution < -0.4 is 19.9 Å². The van der Waals surface area contributed by atoms with E-state index >= 15 is 0 Å². The van der Waals surface area contributed by atoms with E-state index in [0.29, 0.717) is 51.7 Å². The summed E-state index contributed by atoms with van der Waals surface area (Å²) >= 11 is 1.16. The Bertz CT molecular complexity index is 1330. The number of hydrogen-bond donors (Lipinski definition) is 1. The molecule has 0 radical (unpaired) electrons. The van der Waals surface area contributed by atoms with Crippen molar-refractivity contribution in [2.45, 2.75) is 24.2 Å². The van der Waals surface area contributed by atoms with Crippen LogP contribution in [0.25, 0.3) is 11.3 Å². The molecule has 0 bridgehead atoms. The number of anilines is 1. The van der Waals surface area contributed by atoms with Crippen molar-refractivity contribution in [3.8, 4) is 28.5 Å². The summed E-state index contributed by atoms with van der Waals surface area (Å²) in [4.78, 5) is 4.47. The SMILES string of the molecule is COc1ccc(OC)c(-c2nc(N)sc2N=Nc2ccc(OC)c(S(=O)(=O)N3CCCCC3)c2)c1. The summed E-state index contributed by atoms with van der Waals surface area (Å²) in [5, 5.41) is 9.41. The second-order valence-electron chi connectivity index (χ2n) is 7.77. The van der Waals surface area contributed by atoms with E-state index in [-0.39, 0.29) is 10.6 Å². The number of nitrogens with zero attached hydrogens (tertiary/aromatic N) is 4. The maximum absolute atomic E-state index is 13.3. The minimum Gasteiger partial charge on any atom is -0.497 e. The highest BCUT2D eigenvalue weighted by atomic mass is 32.2. The normalized spacial score (nSPS) is 14.8. The van der Waals surface area contributed by atoms with Crippen LogP contribution in [0.4, 0.5) is 15.8 Å². The first-order valence-electron chi connectivity index (χ1n) is 11.0. The van der Waals surface area contributed by atoms with Crippen LogP contribution in [0.5, 0.6) is 17.2 Å². The number of hydrogen-bond acceptors (Lipinski definition) is 10. The molecule has 2 aromatic carbocycles. The molecule has 1 saturated heterocycles. The van der Waals surface area contributed by atoms with Crippen molar-refractivity contribution in [3.63, 3.8) is 0 Å². The average Bonchev–Trinajstić information content (AvgIpc) is 3.27. The molecule has 0 amide bonds. The number of azo groups is 1. The fourth-order valence-electron chi connectivity index (χ4n) is 3.85. The van der Waals surface area contributed by atoms with Gasteiger partial charge in [-0.15, -0.1) is 10.2 Å². The molecule has 0 aliphatic carbocycles. The van der Waals surface area contributed by atoms with Crippen LogP contribution in [0.3, 0.4) is 0 Å². The van der Waals surface area contributed by atoms with Crippen molar-refractivity contribution in [1.82, 2.24) is 9.29 Å². The van der Waals surface area contributed by atoms with Gasteiger partial charge in [-0.05, 0) is 49.2 Å². The predicted molar refractivity (Wildman–Crippen MR) is 135 cm³/mol. The molecular formula is C23H27N5O5S2. The summed E-state index contributed by atoms with van der Waals surface area (Å²) in [6.45, 7) is 0.978. The molecule has 3 aromatic rings. The largest absolute Gasteiger partial charge is 0.497 e. The van der Waals surface area contributed by atoms with Gasteiger partial charge >= 0.3 is 0 Å². The number of piperidine rings is 1. The first kappa shape index (κ1) is 24.9. The van der Waals surface area contributed by atoms with Gasteiger partial charge in [0.15, 0.2) is 10.1 Å². The van der Waals surface area contributed by atoms with Crippen molar-refractivity contribution in [2.24, 2.45) is 10.2 Å². The fraction of sp³-hybridized carbons (Fsp3) is 0.348. The third-order valence-corrected chi connectivity index (χ3v) is 8.31. The summed E-state index contributed by atoms with van der Waals surface area (Å²) in [5.41, 5.74) is 7.48. The number of nitrogens with two attached hydrogens (primary N) is 1. The molecule has 1 aromatic heterocycles. The zero-order valence-corrected chi connectivity index (χ0v) is 21.4. The highest BCUT2D eigenvalue weighted by molar-refractivity contribution is 7.89. The lowest BCUT2D eigenvalue weighted by Crippen LogP contribution is -2.35. The van der Waals surface area contributed by atoms with Crippen LogP contribution in [-0.2, 0) is 10.0 Å². The molecule has 1 aliphatic rings. The minimum atomic E-state index is -3.73. The zero-order valence-electron chi connectivity index (χ0n) is 19.7. The van der Waals surface area contributed by atoms with Crippen LogP contribution >= 0.6 is 11.3 Å². The molecule has 0 atom stereocenters. The van der Waals surface area contributed by atoms with Crippen molar-refractivity contribution in [3.05, 3.63) is 36.4 Å². The van der Waals surface area contributed by atoms with Gasteiger partial charge in [-0.3, -0.25) is 0 Å². The zero-order chi connectivity index (χ0) is 25.0. The Labute approximate surface area is 208 Å². The molecule has 12 heteroatoms. The molecule has 2 N–H and O–H groups in total. The second-order valence-corrected chi connectivity index (χ2v) is 10.7. The van der Waals surface area contributed by atoms with Crippen LogP contribution in [0.2, 0.25) is 0 Å². The Kier molecular flexibility index (Phi) is 7.53. The molecule has 4 rings (SSSR count). The summed E-state index contributed by atoms with van der Waals surface area (Å²) < 4.78 is 44.2. The van der Waals surface area contributed by atoms with E-state index in [1.54, 1.807) is 44.6 Å². The first-order valence-corrected chi connectivity index (χ1v) is 13.2. The van der Waals surface area contributed by atoms with Crippen LogP contribution in [0.1, 0.15) is 19.3 Å². The first-order chi connectivity index (χ1) is 16.9. The van der Waals surface area contributed by atoms with E-state index in [0.717, 1.165) is 30.6 Å². The van der Waals surface area contributed by atoms with E-state index in [9.17, 15) is 8.42 Å². The highest BCUT2D eigenvalue weighted by Crippen LogP contribution is 2.43.